The Labute approximate surface area is 191 Å². The number of aromatic nitrogens is 4. The molecular weight excluding hydrogens is 422 g/mol. The molecule has 32 heavy (non-hydrogen) atoms. The van der Waals surface area contributed by atoms with Crippen LogP contribution >= 0.6 is 11.6 Å². The minimum Gasteiger partial charge on any atom is -0.330 e. The number of nitrogens with zero attached hydrogens (tertiary/aromatic N) is 5. The number of carbonyl (C=O) groups excluding carboxylic acids is 1. The SMILES string of the molecule is Cc1cc(C)n2ncc(C(=O)N3CCC[C@H]3c3ccc(Cc4ccc(Cl)cc4)cn3)c2n1. The highest BCUT2D eigenvalue weighted by Gasteiger charge is 2.33. The van der Waals surface area contributed by atoms with Gasteiger partial charge in [-0.2, -0.15) is 5.10 Å². The fourth-order valence-electron chi connectivity index (χ4n) is 4.47. The minimum absolute atomic E-state index is 0.0343. The monoisotopic (exact) mass is 445 g/mol. The van der Waals surface area contributed by atoms with E-state index in [0.29, 0.717) is 17.8 Å². The van der Waals surface area contributed by atoms with E-state index in [9.17, 15) is 4.79 Å². The molecule has 6 nitrogen and oxygen atoms in total. The van der Waals surface area contributed by atoms with Crippen molar-refractivity contribution in [2.45, 2.75) is 39.2 Å². The van der Waals surface area contributed by atoms with Crippen molar-refractivity contribution < 1.29 is 4.79 Å². The molecule has 1 atom stereocenters. The molecule has 4 aromatic rings. The second-order valence-electron chi connectivity index (χ2n) is 8.38. The average Bonchev–Trinajstić information content (AvgIpc) is 3.43. The quantitative estimate of drug-likeness (QED) is 0.445. The molecule has 1 aliphatic heterocycles. The molecule has 0 saturated carbocycles. The molecule has 4 heterocycles. The summed E-state index contributed by atoms with van der Waals surface area (Å²) in [6.45, 7) is 4.61. The van der Waals surface area contributed by atoms with E-state index in [-0.39, 0.29) is 11.9 Å². The molecule has 5 rings (SSSR count). The van der Waals surface area contributed by atoms with Gasteiger partial charge in [-0.1, -0.05) is 29.8 Å². The first-order chi connectivity index (χ1) is 15.5. The maximum atomic E-state index is 13.5. The maximum absolute atomic E-state index is 13.5. The first-order valence-corrected chi connectivity index (χ1v) is 11.2. The predicted molar refractivity (Wildman–Crippen MR) is 124 cm³/mol. The first kappa shape index (κ1) is 20.6. The van der Waals surface area contributed by atoms with Crippen LogP contribution in [0.2, 0.25) is 5.02 Å². The lowest BCUT2D eigenvalue weighted by Crippen LogP contribution is -2.31. The van der Waals surface area contributed by atoms with Gasteiger partial charge in [0.15, 0.2) is 5.65 Å². The molecular formula is C25H24ClN5O. The van der Waals surface area contributed by atoms with Gasteiger partial charge in [-0.05, 0) is 68.5 Å². The molecule has 7 heteroatoms. The van der Waals surface area contributed by atoms with E-state index >= 15 is 0 Å². The highest BCUT2D eigenvalue weighted by molar-refractivity contribution is 6.30. The number of aryl methyl sites for hydroxylation is 2. The number of pyridine rings is 1. The van der Waals surface area contributed by atoms with Crippen molar-refractivity contribution in [2.24, 2.45) is 0 Å². The largest absolute Gasteiger partial charge is 0.330 e. The molecule has 1 amide bonds. The zero-order valence-electron chi connectivity index (χ0n) is 18.1. The van der Waals surface area contributed by atoms with Crippen molar-refractivity contribution in [3.05, 3.63) is 93.7 Å². The Bertz CT molecular complexity index is 1280. The first-order valence-electron chi connectivity index (χ1n) is 10.8. The lowest BCUT2D eigenvalue weighted by Gasteiger charge is -2.24. The highest BCUT2D eigenvalue weighted by Crippen LogP contribution is 2.33. The third-order valence-electron chi connectivity index (χ3n) is 6.03. The fourth-order valence-corrected chi connectivity index (χ4v) is 4.59. The van der Waals surface area contributed by atoms with Crippen molar-refractivity contribution in [1.29, 1.82) is 0 Å². The van der Waals surface area contributed by atoms with E-state index in [1.807, 2.05) is 61.3 Å². The van der Waals surface area contributed by atoms with Crippen LogP contribution in [0.5, 0.6) is 0 Å². The van der Waals surface area contributed by atoms with Crippen molar-refractivity contribution >= 4 is 23.2 Å². The number of likely N-dealkylation sites (tertiary alicyclic amines) is 1. The molecule has 1 fully saturated rings. The van der Waals surface area contributed by atoms with E-state index in [4.69, 9.17) is 16.6 Å². The minimum atomic E-state index is -0.0351. The van der Waals surface area contributed by atoms with Crippen LogP contribution in [-0.2, 0) is 6.42 Å². The van der Waals surface area contributed by atoms with E-state index in [1.165, 1.54) is 5.56 Å². The van der Waals surface area contributed by atoms with Crippen LogP contribution in [0.1, 0.15) is 57.5 Å². The Morgan fingerprint density at radius 2 is 1.88 bits per heavy atom. The molecule has 1 aliphatic rings. The second-order valence-corrected chi connectivity index (χ2v) is 8.82. The molecule has 162 valence electrons. The van der Waals surface area contributed by atoms with Gasteiger partial charge in [-0.25, -0.2) is 9.50 Å². The topological polar surface area (TPSA) is 63.4 Å². The number of rotatable bonds is 4. The standard InChI is InChI=1S/C25H24ClN5O/c1-16-12-17(2)31-24(29-16)21(15-28-31)25(32)30-11-3-4-23(30)22-10-7-19(14-27-22)13-18-5-8-20(26)9-6-18/h5-10,12,14-15,23H,3-4,11,13H2,1-2H3/t23-/m0/s1. The summed E-state index contributed by atoms with van der Waals surface area (Å²) in [6, 6.07) is 13.9. The summed E-state index contributed by atoms with van der Waals surface area (Å²) in [5.41, 5.74) is 6.24. The lowest BCUT2D eigenvalue weighted by atomic mass is 10.0. The van der Waals surface area contributed by atoms with Crippen molar-refractivity contribution in [3.63, 3.8) is 0 Å². The van der Waals surface area contributed by atoms with Gasteiger partial charge in [-0.3, -0.25) is 9.78 Å². The summed E-state index contributed by atoms with van der Waals surface area (Å²) in [7, 11) is 0. The van der Waals surface area contributed by atoms with Crippen molar-refractivity contribution in [1.82, 2.24) is 24.5 Å². The van der Waals surface area contributed by atoms with Crippen LogP contribution in [0.15, 0.2) is 54.9 Å². The fraction of sp³-hybridized carbons (Fsp3) is 0.280. The predicted octanol–water partition coefficient (Wildman–Crippen LogP) is 4.96. The third kappa shape index (κ3) is 3.86. The molecule has 0 N–H and O–H groups in total. The number of halogens is 1. The maximum Gasteiger partial charge on any atom is 0.259 e. The Kier molecular flexibility index (Phi) is 5.39. The van der Waals surface area contributed by atoms with Crippen LogP contribution in [0, 0.1) is 13.8 Å². The second kappa shape index (κ2) is 8.36. The number of fused-ring (bicyclic) bond motifs is 1. The molecule has 1 saturated heterocycles. The zero-order chi connectivity index (χ0) is 22.2. The van der Waals surface area contributed by atoms with Crippen LogP contribution in [0.4, 0.5) is 0 Å². The van der Waals surface area contributed by atoms with Gasteiger partial charge in [-0.15, -0.1) is 0 Å². The van der Waals surface area contributed by atoms with Crippen molar-refractivity contribution in [3.8, 4) is 0 Å². The average molecular weight is 446 g/mol. The van der Waals surface area contributed by atoms with Gasteiger partial charge < -0.3 is 4.90 Å². The molecule has 1 aromatic carbocycles. The normalized spacial score (nSPS) is 16.1. The number of carbonyl (C=O) groups is 1. The van der Waals surface area contributed by atoms with Gasteiger partial charge >= 0.3 is 0 Å². The van der Waals surface area contributed by atoms with Crippen molar-refractivity contribution in [2.75, 3.05) is 6.54 Å². The molecule has 3 aromatic heterocycles. The van der Waals surface area contributed by atoms with Gasteiger partial charge in [0.2, 0.25) is 0 Å². The van der Waals surface area contributed by atoms with Crippen LogP contribution in [-0.4, -0.2) is 36.9 Å². The smallest absolute Gasteiger partial charge is 0.259 e. The zero-order valence-corrected chi connectivity index (χ0v) is 18.9. The lowest BCUT2D eigenvalue weighted by molar-refractivity contribution is 0.0734. The van der Waals surface area contributed by atoms with Crippen LogP contribution in [0.25, 0.3) is 5.65 Å². The summed E-state index contributed by atoms with van der Waals surface area (Å²) >= 11 is 5.98. The molecule has 0 unspecified atom stereocenters. The highest BCUT2D eigenvalue weighted by atomic mass is 35.5. The summed E-state index contributed by atoms with van der Waals surface area (Å²) in [4.78, 5) is 24.7. The Morgan fingerprint density at radius 1 is 1.09 bits per heavy atom. The molecule has 0 bridgehead atoms. The summed E-state index contributed by atoms with van der Waals surface area (Å²) < 4.78 is 1.73. The summed E-state index contributed by atoms with van der Waals surface area (Å²) in [5.74, 6) is -0.0351. The molecule has 0 spiro atoms. The Hall–Kier alpha value is -3.25. The van der Waals surface area contributed by atoms with E-state index in [1.54, 1.807) is 10.7 Å². The summed E-state index contributed by atoms with van der Waals surface area (Å²) in [5, 5.41) is 5.13. The Morgan fingerprint density at radius 3 is 2.62 bits per heavy atom. The van der Waals surface area contributed by atoms with Gasteiger partial charge in [0.1, 0.15) is 5.56 Å². The number of hydrogen-bond acceptors (Lipinski definition) is 4. The van der Waals surface area contributed by atoms with E-state index in [2.05, 4.69) is 16.1 Å². The number of hydrogen-bond donors (Lipinski definition) is 0. The van der Waals surface area contributed by atoms with Gasteiger partial charge in [0.25, 0.3) is 5.91 Å². The molecule has 0 aliphatic carbocycles. The summed E-state index contributed by atoms with van der Waals surface area (Å²) in [6.07, 6.45) is 6.20. The van der Waals surface area contributed by atoms with E-state index < -0.39 is 0 Å². The van der Waals surface area contributed by atoms with Crippen LogP contribution in [0.3, 0.4) is 0 Å². The number of amides is 1. The number of benzene rings is 1. The van der Waals surface area contributed by atoms with Gasteiger partial charge in [0, 0.05) is 29.2 Å². The van der Waals surface area contributed by atoms with Crippen LogP contribution < -0.4 is 0 Å². The molecule has 0 radical (unpaired) electrons. The van der Waals surface area contributed by atoms with E-state index in [0.717, 1.165) is 46.9 Å². The Balaban J connectivity index is 1.38. The third-order valence-corrected chi connectivity index (χ3v) is 6.28. The van der Waals surface area contributed by atoms with Gasteiger partial charge in [0.05, 0.1) is 17.9 Å².